The summed E-state index contributed by atoms with van der Waals surface area (Å²) in [7, 11) is 2.03. The number of hydrogen-bond donors (Lipinski definition) is 1. The molecule has 0 aromatic carbocycles. The topological polar surface area (TPSA) is 29.9 Å². The van der Waals surface area contributed by atoms with Gasteiger partial charge in [0.05, 0.1) is 5.69 Å². The predicted molar refractivity (Wildman–Crippen MR) is 63.8 cm³/mol. The standard InChI is InChI=1S/C12H23N3/c1-4-6-7-8-11(13-3)12-9-10-14-15(12)5-2/h9-11,13H,4-8H2,1-3H3. The number of nitrogens with zero attached hydrogens (tertiary/aromatic N) is 2. The molecule has 15 heavy (non-hydrogen) atoms. The zero-order valence-corrected chi connectivity index (χ0v) is 10.2. The second kappa shape index (κ2) is 6.62. The number of hydrogen-bond acceptors (Lipinski definition) is 2. The molecule has 0 aliphatic heterocycles. The van der Waals surface area contributed by atoms with E-state index < -0.39 is 0 Å². The molecule has 1 rings (SSSR count). The molecule has 0 saturated heterocycles. The van der Waals surface area contributed by atoms with Gasteiger partial charge in [0.1, 0.15) is 0 Å². The molecule has 86 valence electrons. The van der Waals surface area contributed by atoms with Crippen LogP contribution in [0.2, 0.25) is 0 Å². The minimum atomic E-state index is 0.457. The van der Waals surface area contributed by atoms with Gasteiger partial charge in [-0.3, -0.25) is 4.68 Å². The van der Waals surface area contributed by atoms with E-state index in [1.54, 1.807) is 0 Å². The first-order chi connectivity index (χ1) is 7.33. The fourth-order valence-electron chi connectivity index (χ4n) is 1.94. The Hall–Kier alpha value is -0.830. The summed E-state index contributed by atoms with van der Waals surface area (Å²) in [6.07, 6.45) is 6.98. The Labute approximate surface area is 92.9 Å². The number of aryl methyl sites for hydroxylation is 1. The fraction of sp³-hybridized carbons (Fsp3) is 0.750. The van der Waals surface area contributed by atoms with Crippen LogP contribution in [0.1, 0.15) is 51.3 Å². The van der Waals surface area contributed by atoms with Gasteiger partial charge in [-0.15, -0.1) is 0 Å². The van der Waals surface area contributed by atoms with Gasteiger partial charge in [0, 0.05) is 18.8 Å². The summed E-state index contributed by atoms with van der Waals surface area (Å²) in [4.78, 5) is 0. The Bertz CT molecular complexity index is 268. The van der Waals surface area contributed by atoms with Gasteiger partial charge in [-0.25, -0.2) is 0 Å². The highest BCUT2D eigenvalue weighted by atomic mass is 15.3. The van der Waals surface area contributed by atoms with Crippen LogP contribution in [0.4, 0.5) is 0 Å². The largest absolute Gasteiger partial charge is 0.312 e. The van der Waals surface area contributed by atoms with Gasteiger partial charge in [-0.2, -0.15) is 5.10 Å². The molecule has 1 unspecified atom stereocenters. The van der Waals surface area contributed by atoms with Crippen LogP contribution in [0.15, 0.2) is 12.3 Å². The molecule has 1 N–H and O–H groups in total. The number of unbranched alkanes of at least 4 members (excludes halogenated alkanes) is 2. The molecule has 1 aromatic rings. The van der Waals surface area contributed by atoms with E-state index in [2.05, 4.69) is 35.0 Å². The zero-order valence-electron chi connectivity index (χ0n) is 10.2. The molecule has 0 bridgehead atoms. The number of nitrogens with one attached hydrogen (secondary N) is 1. The Morgan fingerprint density at radius 1 is 1.40 bits per heavy atom. The monoisotopic (exact) mass is 209 g/mol. The van der Waals surface area contributed by atoms with Crippen LogP contribution in [0.5, 0.6) is 0 Å². The summed E-state index contributed by atoms with van der Waals surface area (Å²) in [6.45, 7) is 5.33. The third-order valence-electron chi connectivity index (χ3n) is 2.85. The quantitative estimate of drug-likeness (QED) is 0.700. The van der Waals surface area contributed by atoms with Gasteiger partial charge < -0.3 is 5.32 Å². The van der Waals surface area contributed by atoms with Crippen LogP contribution in [0.25, 0.3) is 0 Å². The van der Waals surface area contributed by atoms with E-state index in [1.165, 1.54) is 31.4 Å². The van der Waals surface area contributed by atoms with Crippen molar-refractivity contribution in [2.75, 3.05) is 7.05 Å². The molecular formula is C12H23N3. The van der Waals surface area contributed by atoms with E-state index in [9.17, 15) is 0 Å². The lowest BCUT2D eigenvalue weighted by Gasteiger charge is -2.17. The minimum Gasteiger partial charge on any atom is -0.312 e. The highest BCUT2D eigenvalue weighted by Gasteiger charge is 2.12. The number of rotatable bonds is 7. The third-order valence-corrected chi connectivity index (χ3v) is 2.85. The minimum absolute atomic E-state index is 0.457. The van der Waals surface area contributed by atoms with Gasteiger partial charge in [0.25, 0.3) is 0 Å². The predicted octanol–water partition coefficient (Wildman–Crippen LogP) is 2.74. The Morgan fingerprint density at radius 3 is 2.80 bits per heavy atom. The van der Waals surface area contributed by atoms with Crippen LogP contribution in [0.3, 0.4) is 0 Å². The Kier molecular flexibility index (Phi) is 5.40. The molecule has 3 heteroatoms. The van der Waals surface area contributed by atoms with Crippen molar-refractivity contribution in [1.82, 2.24) is 15.1 Å². The molecule has 1 aromatic heterocycles. The zero-order chi connectivity index (χ0) is 11.1. The third kappa shape index (κ3) is 3.34. The fourth-order valence-corrected chi connectivity index (χ4v) is 1.94. The molecule has 3 nitrogen and oxygen atoms in total. The lowest BCUT2D eigenvalue weighted by molar-refractivity contribution is 0.467. The second-order valence-electron chi connectivity index (χ2n) is 3.91. The average Bonchev–Trinajstić information content (AvgIpc) is 2.72. The maximum Gasteiger partial charge on any atom is 0.0553 e. The number of aromatic nitrogens is 2. The first-order valence-corrected chi connectivity index (χ1v) is 6.02. The molecule has 0 aliphatic rings. The van der Waals surface area contributed by atoms with Gasteiger partial charge >= 0.3 is 0 Å². The van der Waals surface area contributed by atoms with Crippen molar-refractivity contribution in [2.45, 2.75) is 52.1 Å². The lowest BCUT2D eigenvalue weighted by atomic mass is 10.1. The highest BCUT2D eigenvalue weighted by Crippen LogP contribution is 2.19. The first-order valence-electron chi connectivity index (χ1n) is 6.02. The van der Waals surface area contributed by atoms with Gasteiger partial charge in [-0.05, 0) is 26.5 Å². The molecule has 1 heterocycles. The lowest BCUT2D eigenvalue weighted by Crippen LogP contribution is -2.20. The van der Waals surface area contributed by atoms with E-state index in [0.29, 0.717) is 6.04 Å². The Morgan fingerprint density at radius 2 is 2.20 bits per heavy atom. The van der Waals surface area contributed by atoms with Crippen LogP contribution in [-0.2, 0) is 6.54 Å². The highest BCUT2D eigenvalue weighted by molar-refractivity contribution is 5.06. The molecule has 0 aliphatic carbocycles. The summed E-state index contributed by atoms with van der Waals surface area (Å²) in [5.74, 6) is 0. The molecule has 0 saturated carbocycles. The molecular weight excluding hydrogens is 186 g/mol. The van der Waals surface area contributed by atoms with Crippen molar-refractivity contribution in [3.8, 4) is 0 Å². The van der Waals surface area contributed by atoms with Crippen molar-refractivity contribution in [3.63, 3.8) is 0 Å². The van der Waals surface area contributed by atoms with Crippen LogP contribution >= 0.6 is 0 Å². The summed E-state index contributed by atoms with van der Waals surface area (Å²) in [5.41, 5.74) is 1.32. The smallest absolute Gasteiger partial charge is 0.0553 e. The summed E-state index contributed by atoms with van der Waals surface area (Å²) < 4.78 is 2.08. The van der Waals surface area contributed by atoms with Crippen molar-refractivity contribution in [2.24, 2.45) is 0 Å². The average molecular weight is 209 g/mol. The normalized spacial score (nSPS) is 13.0. The van der Waals surface area contributed by atoms with Crippen LogP contribution < -0.4 is 5.32 Å². The maximum atomic E-state index is 4.31. The van der Waals surface area contributed by atoms with E-state index in [4.69, 9.17) is 0 Å². The maximum absolute atomic E-state index is 4.31. The molecule has 0 amide bonds. The Balaban J connectivity index is 2.57. The van der Waals surface area contributed by atoms with E-state index >= 15 is 0 Å². The van der Waals surface area contributed by atoms with Gasteiger partial charge in [0.15, 0.2) is 0 Å². The SMILES string of the molecule is CCCCCC(NC)c1ccnn1CC. The molecule has 0 fully saturated rings. The molecule has 1 atom stereocenters. The summed E-state index contributed by atoms with van der Waals surface area (Å²) in [5, 5.41) is 7.69. The van der Waals surface area contributed by atoms with Crippen LogP contribution in [-0.4, -0.2) is 16.8 Å². The van der Waals surface area contributed by atoms with Gasteiger partial charge in [0.2, 0.25) is 0 Å². The van der Waals surface area contributed by atoms with E-state index in [-0.39, 0.29) is 0 Å². The second-order valence-corrected chi connectivity index (χ2v) is 3.91. The molecule has 0 radical (unpaired) electrons. The van der Waals surface area contributed by atoms with Gasteiger partial charge in [-0.1, -0.05) is 26.2 Å². The summed E-state index contributed by atoms with van der Waals surface area (Å²) >= 11 is 0. The van der Waals surface area contributed by atoms with Crippen molar-refractivity contribution >= 4 is 0 Å². The van der Waals surface area contributed by atoms with Crippen LogP contribution in [0, 0.1) is 0 Å². The summed E-state index contributed by atoms with van der Waals surface area (Å²) in [6, 6.07) is 2.58. The van der Waals surface area contributed by atoms with E-state index in [0.717, 1.165) is 6.54 Å². The first kappa shape index (κ1) is 12.2. The van der Waals surface area contributed by atoms with Crippen molar-refractivity contribution in [1.29, 1.82) is 0 Å². The van der Waals surface area contributed by atoms with Crippen molar-refractivity contribution < 1.29 is 0 Å². The van der Waals surface area contributed by atoms with Crippen molar-refractivity contribution in [3.05, 3.63) is 18.0 Å². The van der Waals surface area contributed by atoms with E-state index in [1.807, 2.05) is 13.2 Å². The molecule has 0 spiro atoms.